The van der Waals surface area contributed by atoms with Crippen molar-refractivity contribution in [3.63, 3.8) is 0 Å². The summed E-state index contributed by atoms with van der Waals surface area (Å²) in [4.78, 5) is 1.18. The van der Waals surface area contributed by atoms with Crippen LogP contribution in [0.3, 0.4) is 0 Å². The van der Waals surface area contributed by atoms with Crippen LogP contribution in [-0.4, -0.2) is 27.3 Å². The molecule has 0 fully saturated rings. The first-order valence-electron chi connectivity index (χ1n) is 7.24. The van der Waals surface area contributed by atoms with Crippen LogP contribution in [0.5, 0.6) is 0 Å². The van der Waals surface area contributed by atoms with Crippen molar-refractivity contribution in [1.29, 1.82) is 0 Å². The molecule has 0 amide bonds. The summed E-state index contributed by atoms with van der Waals surface area (Å²) in [5, 5.41) is 12.5. The van der Waals surface area contributed by atoms with Crippen LogP contribution in [0.4, 0.5) is 0 Å². The first kappa shape index (κ1) is 16.3. The molecule has 1 unspecified atom stereocenters. The number of aromatic nitrogens is 3. The molecule has 1 heterocycles. The van der Waals surface area contributed by atoms with E-state index in [0.717, 1.165) is 36.0 Å². The fourth-order valence-corrected chi connectivity index (χ4v) is 3.44. The number of hydrogen-bond acceptors (Lipinski definition) is 4. The predicted molar refractivity (Wildman–Crippen MR) is 88.9 cm³/mol. The van der Waals surface area contributed by atoms with E-state index >= 15 is 0 Å². The second-order valence-electron chi connectivity index (χ2n) is 4.76. The molecule has 0 radical (unpaired) electrons. The van der Waals surface area contributed by atoms with E-state index in [9.17, 15) is 0 Å². The van der Waals surface area contributed by atoms with Crippen LogP contribution in [0.25, 0.3) is 0 Å². The lowest BCUT2D eigenvalue weighted by atomic mass is 10.2. The average molecular weight is 325 g/mol. The van der Waals surface area contributed by atoms with E-state index in [1.54, 1.807) is 11.8 Å². The fourth-order valence-electron chi connectivity index (χ4n) is 2.15. The van der Waals surface area contributed by atoms with Gasteiger partial charge in [-0.25, -0.2) is 4.68 Å². The summed E-state index contributed by atoms with van der Waals surface area (Å²) in [7, 11) is 0. The SMILES string of the molecule is CCCn1nncc1C(CSc1cccc(Cl)c1)NCC. The summed E-state index contributed by atoms with van der Waals surface area (Å²) in [6.45, 7) is 6.08. The smallest absolute Gasteiger partial charge is 0.0765 e. The quantitative estimate of drug-likeness (QED) is 0.750. The molecule has 2 rings (SSSR count). The molecule has 0 aliphatic heterocycles. The van der Waals surface area contributed by atoms with E-state index in [0.29, 0.717) is 0 Å². The second kappa shape index (κ2) is 8.41. The van der Waals surface area contributed by atoms with Crippen LogP contribution in [0, 0.1) is 0 Å². The molecule has 0 aliphatic rings. The summed E-state index contributed by atoms with van der Waals surface area (Å²) in [6.07, 6.45) is 2.91. The maximum Gasteiger partial charge on any atom is 0.0765 e. The Balaban J connectivity index is 2.06. The summed E-state index contributed by atoms with van der Waals surface area (Å²) in [6, 6.07) is 8.20. The van der Waals surface area contributed by atoms with Crippen LogP contribution >= 0.6 is 23.4 Å². The Morgan fingerprint density at radius 2 is 2.24 bits per heavy atom. The molecule has 1 atom stereocenters. The summed E-state index contributed by atoms with van der Waals surface area (Å²) in [5.74, 6) is 0.922. The number of nitrogens with one attached hydrogen (secondary N) is 1. The summed E-state index contributed by atoms with van der Waals surface area (Å²) < 4.78 is 1.99. The highest BCUT2D eigenvalue weighted by atomic mass is 35.5. The van der Waals surface area contributed by atoms with Crippen molar-refractivity contribution < 1.29 is 0 Å². The molecule has 4 nitrogen and oxygen atoms in total. The molecule has 1 N–H and O–H groups in total. The van der Waals surface area contributed by atoms with Gasteiger partial charge in [0, 0.05) is 22.2 Å². The van der Waals surface area contributed by atoms with Crippen LogP contribution in [0.1, 0.15) is 32.0 Å². The van der Waals surface area contributed by atoms with Gasteiger partial charge in [-0.15, -0.1) is 16.9 Å². The molecular weight excluding hydrogens is 304 g/mol. The van der Waals surface area contributed by atoms with Crippen molar-refractivity contribution in [3.8, 4) is 0 Å². The molecule has 1 aromatic carbocycles. The molecule has 1 aromatic heterocycles. The number of nitrogens with zero attached hydrogens (tertiary/aromatic N) is 3. The lowest BCUT2D eigenvalue weighted by Crippen LogP contribution is -2.25. The number of halogens is 1. The molecule has 0 spiro atoms. The maximum atomic E-state index is 6.03. The Bertz CT molecular complexity index is 558. The molecule has 0 bridgehead atoms. The van der Waals surface area contributed by atoms with Gasteiger partial charge < -0.3 is 5.32 Å². The van der Waals surface area contributed by atoms with Crippen molar-refractivity contribution >= 4 is 23.4 Å². The zero-order valence-electron chi connectivity index (χ0n) is 12.4. The number of thioether (sulfide) groups is 1. The zero-order valence-corrected chi connectivity index (χ0v) is 14.0. The monoisotopic (exact) mass is 324 g/mol. The highest BCUT2D eigenvalue weighted by molar-refractivity contribution is 7.99. The Morgan fingerprint density at radius 1 is 1.38 bits per heavy atom. The van der Waals surface area contributed by atoms with Crippen LogP contribution in [-0.2, 0) is 6.54 Å². The predicted octanol–water partition coefficient (Wildman–Crippen LogP) is 3.78. The largest absolute Gasteiger partial charge is 0.308 e. The van der Waals surface area contributed by atoms with Gasteiger partial charge in [-0.05, 0) is 31.2 Å². The first-order chi connectivity index (χ1) is 10.2. The van der Waals surface area contributed by atoms with Gasteiger partial charge in [-0.1, -0.05) is 36.7 Å². The summed E-state index contributed by atoms with van der Waals surface area (Å²) in [5.41, 5.74) is 1.15. The third-order valence-corrected chi connectivity index (χ3v) is 4.43. The van der Waals surface area contributed by atoms with Crippen LogP contribution < -0.4 is 5.32 Å². The third kappa shape index (κ3) is 4.73. The summed E-state index contributed by atoms with van der Waals surface area (Å²) >= 11 is 7.83. The highest BCUT2D eigenvalue weighted by Gasteiger charge is 2.16. The lowest BCUT2D eigenvalue weighted by Gasteiger charge is -2.18. The Labute approximate surface area is 135 Å². The molecule has 6 heteroatoms. The van der Waals surface area contributed by atoms with Gasteiger partial charge in [-0.3, -0.25) is 0 Å². The maximum absolute atomic E-state index is 6.03. The Kier molecular flexibility index (Phi) is 6.54. The van der Waals surface area contributed by atoms with Gasteiger partial charge in [0.1, 0.15) is 0 Å². The number of aryl methyl sites for hydroxylation is 1. The van der Waals surface area contributed by atoms with Crippen molar-refractivity contribution in [2.24, 2.45) is 0 Å². The fraction of sp³-hybridized carbons (Fsp3) is 0.467. The molecule has 21 heavy (non-hydrogen) atoms. The standard InChI is InChI=1S/C15H21ClN4S/c1-3-8-20-15(10-18-19-20)14(17-4-2)11-21-13-7-5-6-12(16)9-13/h5-7,9-10,14,17H,3-4,8,11H2,1-2H3. The van der Waals surface area contributed by atoms with Gasteiger partial charge in [0.25, 0.3) is 0 Å². The molecule has 114 valence electrons. The molecular formula is C15H21ClN4S. The van der Waals surface area contributed by atoms with Gasteiger partial charge >= 0.3 is 0 Å². The topological polar surface area (TPSA) is 42.7 Å². The first-order valence-corrected chi connectivity index (χ1v) is 8.61. The van der Waals surface area contributed by atoms with E-state index in [1.165, 1.54) is 4.90 Å². The number of rotatable bonds is 8. The third-order valence-electron chi connectivity index (χ3n) is 3.10. The van der Waals surface area contributed by atoms with Crippen molar-refractivity contribution in [1.82, 2.24) is 20.3 Å². The van der Waals surface area contributed by atoms with E-state index in [-0.39, 0.29) is 6.04 Å². The van der Waals surface area contributed by atoms with Gasteiger partial charge in [0.05, 0.1) is 17.9 Å². The molecule has 0 saturated carbocycles. The lowest BCUT2D eigenvalue weighted by molar-refractivity contribution is 0.501. The van der Waals surface area contributed by atoms with E-state index < -0.39 is 0 Å². The Hall–Kier alpha value is -1.04. The molecule has 0 saturated heterocycles. The minimum Gasteiger partial charge on any atom is -0.308 e. The zero-order chi connectivity index (χ0) is 15.1. The normalized spacial score (nSPS) is 12.5. The van der Waals surface area contributed by atoms with Gasteiger partial charge in [-0.2, -0.15) is 0 Å². The van der Waals surface area contributed by atoms with Crippen molar-refractivity contribution in [2.75, 3.05) is 12.3 Å². The van der Waals surface area contributed by atoms with Crippen LogP contribution in [0.15, 0.2) is 35.4 Å². The minimum atomic E-state index is 0.237. The molecule has 2 aromatic rings. The minimum absolute atomic E-state index is 0.237. The Morgan fingerprint density at radius 3 is 2.95 bits per heavy atom. The van der Waals surface area contributed by atoms with Gasteiger partial charge in [0.2, 0.25) is 0 Å². The van der Waals surface area contributed by atoms with E-state index in [4.69, 9.17) is 11.6 Å². The highest BCUT2D eigenvalue weighted by Crippen LogP contribution is 2.26. The van der Waals surface area contributed by atoms with Crippen molar-refractivity contribution in [2.45, 2.75) is 37.8 Å². The van der Waals surface area contributed by atoms with Crippen LogP contribution in [0.2, 0.25) is 5.02 Å². The average Bonchev–Trinajstić information content (AvgIpc) is 2.92. The second-order valence-corrected chi connectivity index (χ2v) is 6.29. The van der Waals surface area contributed by atoms with E-state index in [2.05, 4.69) is 35.5 Å². The number of benzene rings is 1. The van der Waals surface area contributed by atoms with Crippen molar-refractivity contribution in [3.05, 3.63) is 41.2 Å². The van der Waals surface area contributed by atoms with E-state index in [1.807, 2.05) is 29.1 Å². The molecule has 0 aliphatic carbocycles. The number of hydrogen-bond donors (Lipinski definition) is 1. The van der Waals surface area contributed by atoms with Gasteiger partial charge in [0.15, 0.2) is 0 Å².